The van der Waals surface area contributed by atoms with E-state index in [-0.39, 0.29) is 5.56 Å². The summed E-state index contributed by atoms with van der Waals surface area (Å²) in [6, 6.07) is 17.0. The smallest absolute Gasteiger partial charge is 0.257 e. The molecule has 5 aromatic rings. The summed E-state index contributed by atoms with van der Waals surface area (Å²) in [5.74, 6) is 1.23. The summed E-state index contributed by atoms with van der Waals surface area (Å²) in [6.45, 7) is 0. The Morgan fingerprint density at radius 2 is 1.93 bits per heavy atom. The van der Waals surface area contributed by atoms with E-state index in [1.807, 2.05) is 64.9 Å². The number of pyridine rings is 1. The summed E-state index contributed by atoms with van der Waals surface area (Å²) < 4.78 is 1.81. The third-order valence-corrected chi connectivity index (χ3v) is 5.09. The molecule has 3 aromatic heterocycles. The predicted molar refractivity (Wildman–Crippen MR) is 114 cm³/mol. The SMILES string of the molecule is CN(c1cccc(-c2cc[nH]c(=O)c2)c1)c1nc2nncn2c2cc(Cl)ccc12. The van der Waals surface area contributed by atoms with Gasteiger partial charge in [-0.15, -0.1) is 10.2 Å². The Hall–Kier alpha value is -3.71. The lowest BCUT2D eigenvalue weighted by Gasteiger charge is -2.21. The first kappa shape index (κ1) is 17.4. The maximum Gasteiger partial charge on any atom is 0.257 e. The van der Waals surface area contributed by atoms with E-state index in [1.54, 1.807) is 18.6 Å². The van der Waals surface area contributed by atoms with Crippen LogP contribution in [0.1, 0.15) is 0 Å². The zero-order chi connectivity index (χ0) is 20.0. The van der Waals surface area contributed by atoms with Gasteiger partial charge in [-0.05, 0) is 47.5 Å². The molecule has 0 spiro atoms. The Kier molecular flexibility index (Phi) is 4.03. The summed E-state index contributed by atoms with van der Waals surface area (Å²) in [7, 11) is 1.94. The first-order valence-corrected chi connectivity index (χ1v) is 9.30. The lowest BCUT2D eigenvalue weighted by Crippen LogP contribution is -2.13. The van der Waals surface area contributed by atoms with Crippen molar-refractivity contribution in [2.24, 2.45) is 0 Å². The number of benzene rings is 2. The van der Waals surface area contributed by atoms with E-state index in [9.17, 15) is 4.79 Å². The average Bonchev–Trinajstić information content (AvgIpc) is 3.22. The molecule has 0 radical (unpaired) electrons. The van der Waals surface area contributed by atoms with Gasteiger partial charge in [0.05, 0.1) is 5.52 Å². The molecule has 0 saturated carbocycles. The van der Waals surface area contributed by atoms with Gasteiger partial charge in [0.2, 0.25) is 5.56 Å². The molecule has 3 heterocycles. The van der Waals surface area contributed by atoms with Crippen LogP contribution in [0.5, 0.6) is 0 Å². The topological polar surface area (TPSA) is 79.2 Å². The number of halogens is 1. The summed E-state index contributed by atoms with van der Waals surface area (Å²) in [4.78, 5) is 21.0. The van der Waals surface area contributed by atoms with E-state index in [4.69, 9.17) is 16.6 Å². The second-order valence-electron chi connectivity index (χ2n) is 6.65. The van der Waals surface area contributed by atoms with Crippen LogP contribution in [0.25, 0.3) is 27.8 Å². The second-order valence-corrected chi connectivity index (χ2v) is 7.09. The minimum atomic E-state index is -0.136. The standard InChI is InChI=1S/C21H15ClN6O/c1-27(16-4-2-3-13(9-16)14-7-8-23-19(29)10-14)20-17-6-5-15(22)11-18(17)28-12-24-26-21(28)25-20/h2-12H,1H3,(H,23,29). The molecule has 2 aromatic carbocycles. The van der Waals surface area contributed by atoms with Crippen molar-refractivity contribution in [3.05, 3.63) is 82.5 Å². The van der Waals surface area contributed by atoms with Crippen molar-refractivity contribution in [1.29, 1.82) is 0 Å². The molecule has 5 rings (SSSR count). The number of nitrogens with one attached hydrogen (secondary N) is 1. The zero-order valence-corrected chi connectivity index (χ0v) is 16.1. The molecule has 0 bridgehead atoms. The third-order valence-electron chi connectivity index (χ3n) is 4.86. The first-order valence-electron chi connectivity index (χ1n) is 8.92. The van der Waals surface area contributed by atoms with Gasteiger partial charge < -0.3 is 9.88 Å². The van der Waals surface area contributed by atoms with Crippen LogP contribution in [0.15, 0.2) is 71.9 Å². The minimum absolute atomic E-state index is 0.136. The van der Waals surface area contributed by atoms with Gasteiger partial charge in [0.1, 0.15) is 12.1 Å². The van der Waals surface area contributed by atoms with E-state index in [0.29, 0.717) is 10.8 Å². The van der Waals surface area contributed by atoms with Gasteiger partial charge in [0, 0.05) is 35.4 Å². The number of hydrogen-bond acceptors (Lipinski definition) is 5. The van der Waals surface area contributed by atoms with Crippen LogP contribution in [0.2, 0.25) is 5.02 Å². The van der Waals surface area contributed by atoms with Crippen molar-refractivity contribution >= 4 is 39.8 Å². The highest BCUT2D eigenvalue weighted by Gasteiger charge is 2.15. The maximum absolute atomic E-state index is 11.7. The largest absolute Gasteiger partial charge is 0.329 e. The minimum Gasteiger partial charge on any atom is -0.329 e. The molecule has 0 saturated heterocycles. The molecular weight excluding hydrogens is 388 g/mol. The fourth-order valence-corrected chi connectivity index (χ4v) is 3.59. The quantitative estimate of drug-likeness (QED) is 0.492. The van der Waals surface area contributed by atoms with Crippen LogP contribution in [-0.4, -0.2) is 31.6 Å². The molecule has 0 unspecified atom stereocenters. The highest BCUT2D eigenvalue weighted by atomic mass is 35.5. The van der Waals surface area contributed by atoms with E-state index < -0.39 is 0 Å². The molecule has 29 heavy (non-hydrogen) atoms. The number of aromatic nitrogens is 5. The Morgan fingerprint density at radius 3 is 2.79 bits per heavy atom. The number of nitrogens with zero attached hydrogens (tertiary/aromatic N) is 5. The Bertz CT molecular complexity index is 1420. The van der Waals surface area contributed by atoms with Crippen molar-refractivity contribution < 1.29 is 0 Å². The molecule has 0 amide bonds. The number of anilines is 2. The van der Waals surface area contributed by atoms with Crippen molar-refractivity contribution in [3.8, 4) is 11.1 Å². The molecule has 0 atom stereocenters. The van der Waals surface area contributed by atoms with Crippen molar-refractivity contribution in [2.75, 3.05) is 11.9 Å². The van der Waals surface area contributed by atoms with E-state index in [0.717, 1.165) is 33.5 Å². The van der Waals surface area contributed by atoms with Crippen LogP contribution in [0, 0.1) is 0 Å². The summed E-state index contributed by atoms with van der Waals surface area (Å²) in [6.07, 6.45) is 3.27. The van der Waals surface area contributed by atoms with Gasteiger partial charge in [0.25, 0.3) is 5.78 Å². The van der Waals surface area contributed by atoms with E-state index >= 15 is 0 Å². The molecule has 7 nitrogen and oxygen atoms in total. The lowest BCUT2D eigenvalue weighted by molar-refractivity contribution is 1.08. The molecule has 0 aliphatic carbocycles. The number of fused-ring (bicyclic) bond motifs is 3. The van der Waals surface area contributed by atoms with Crippen molar-refractivity contribution in [1.82, 2.24) is 24.6 Å². The fraction of sp³-hybridized carbons (Fsp3) is 0.0476. The lowest BCUT2D eigenvalue weighted by atomic mass is 10.1. The molecule has 0 aliphatic heterocycles. The van der Waals surface area contributed by atoms with Gasteiger partial charge in [-0.2, -0.15) is 4.98 Å². The molecule has 0 aliphatic rings. The predicted octanol–water partition coefficient (Wildman–Crippen LogP) is 4.05. The Labute approximate surface area is 170 Å². The first-order chi connectivity index (χ1) is 14.1. The fourth-order valence-electron chi connectivity index (χ4n) is 3.42. The maximum atomic E-state index is 11.7. The Morgan fingerprint density at radius 1 is 1.07 bits per heavy atom. The third kappa shape index (κ3) is 3.01. The van der Waals surface area contributed by atoms with Gasteiger partial charge in [-0.3, -0.25) is 9.20 Å². The molecule has 8 heteroatoms. The van der Waals surface area contributed by atoms with Gasteiger partial charge in [-0.25, -0.2) is 0 Å². The normalized spacial score (nSPS) is 11.2. The Balaban J connectivity index is 1.67. The number of H-pyrrole nitrogens is 1. The second kappa shape index (κ2) is 6.72. The number of hydrogen-bond donors (Lipinski definition) is 1. The van der Waals surface area contributed by atoms with E-state index in [2.05, 4.69) is 15.2 Å². The molecule has 0 fully saturated rings. The summed E-state index contributed by atoms with van der Waals surface area (Å²) in [5.41, 5.74) is 3.46. The molecule has 142 valence electrons. The van der Waals surface area contributed by atoms with Gasteiger partial charge in [0.15, 0.2) is 0 Å². The highest BCUT2D eigenvalue weighted by Crippen LogP contribution is 2.33. The van der Waals surface area contributed by atoms with Crippen LogP contribution in [0.3, 0.4) is 0 Å². The van der Waals surface area contributed by atoms with E-state index in [1.165, 1.54) is 0 Å². The van der Waals surface area contributed by atoms with Crippen molar-refractivity contribution in [3.63, 3.8) is 0 Å². The van der Waals surface area contributed by atoms with Crippen molar-refractivity contribution in [2.45, 2.75) is 0 Å². The highest BCUT2D eigenvalue weighted by molar-refractivity contribution is 6.31. The number of rotatable bonds is 3. The van der Waals surface area contributed by atoms with Crippen LogP contribution >= 0.6 is 11.6 Å². The molecule has 1 N–H and O–H groups in total. The monoisotopic (exact) mass is 402 g/mol. The van der Waals surface area contributed by atoms with Gasteiger partial charge >= 0.3 is 0 Å². The van der Waals surface area contributed by atoms with Gasteiger partial charge in [-0.1, -0.05) is 23.7 Å². The van der Waals surface area contributed by atoms with Crippen LogP contribution < -0.4 is 10.5 Å². The number of aromatic amines is 1. The van der Waals surface area contributed by atoms with Crippen LogP contribution in [-0.2, 0) is 0 Å². The van der Waals surface area contributed by atoms with Crippen LogP contribution in [0.4, 0.5) is 11.5 Å². The average molecular weight is 403 g/mol. The summed E-state index contributed by atoms with van der Waals surface area (Å²) >= 11 is 6.22. The summed E-state index contributed by atoms with van der Waals surface area (Å²) in [5, 5.41) is 9.63. The molecular formula is C21H15ClN6O. The zero-order valence-electron chi connectivity index (χ0n) is 15.4.